The monoisotopic (exact) mass is 477 g/mol. The number of aryl methyl sites for hydroxylation is 1. The van der Waals surface area contributed by atoms with Gasteiger partial charge in [-0.2, -0.15) is 0 Å². The lowest BCUT2D eigenvalue weighted by molar-refractivity contribution is 0.0710. The van der Waals surface area contributed by atoms with Crippen LogP contribution in [0.25, 0.3) is 0 Å². The van der Waals surface area contributed by atoms with Gasteiger partial charge in [-0.25, -0.2) is 0 Å². The number of halogens is 1. The fourth-order valence-electron chi connectivity index (χ4n) is 4.19. The minimum absolute atomic E-state index is 0.0577. The first-order valence-electron chi connectivity index (χ1n) is 11.5. The van der Waals surface area contributed by atoms with Gasteiger partial charge in [0.1, 0.15) is 12.4 Å². The number of carbonyl (C=O) groups is 2. The van der Waals surface area contributed by atoms with E-state index in [-0.39, 0.29) is 17.7 Å². The molecule has 176 valence electrons. The average Bonchev–Trinajstić information content (AvgIpc) is 2.87. The molecule has 0 radical (unpaired) electrons. The van der Waals surface area contributed by atoms with Gasteiger partial charge in [0.15, 0.2) is 0 Å². The Kier molecular flexibility index (Phi) is 7.80. The van der Waals surface area contributed by atoms with Crippen LogP contribution in [0.15, 0.2) is 66.7 Å². The molecule has 34 heavy (non-hydrogen) atoms. The van der Waals surface area contributed by atoms with Crippen molar-refractivity contribution in [2.45, 2.75) is 25.7 Å². The van der Waals surface area contributed by atoms with Gasteiger partial charge in [-0.15, -0.1) is 0 Å². The van der Waals surface area contributed by atoms with Crippen LogP contribution < -0.4 is 10.1 Å². The van der Waals surface area contributed by atoms with Gasteiger partial charge in [-0.05, 0) is 56.2 Å². The topological polar surface area (TPSA) is 71.5 Å². The third-order valence-electron chi connectivity index (χ3n) is 5.98. The molecule has 1 aromatic heterocycles. The van der Waals surface area contributed by atoms with Crippen molar-refractivity contribution in [1.29, 1.82) is 0 Å². The summed E-state index contributed by atoms with van der Waals surface area (Å²) in [6.45, 7) is 3.89. The van der Waals surface area contributed by atoms with Crippen molar-refractivity contribution < 1.29 is 14.3 Å². The lowest BCUT2D eigenvalue weighted by Gasteiger charge is -2.32. The van der Waals surface area contributed by atoms with Crippen molar-refractivity contribution in [1.82, 2.24) is 15.2 Å². The number of nitrogens with zero attached hydrogens (tertiary/aromatic N) is 2. The number of aromatic nitrogens is 1. The van der Waals surface area contributed by atoms with Crippen molar-refractivity contribution in [3.8, 4) is 5.75 Å². The van der Waals surface area contributed by atoms with Crippen LogP contribution in [0.3, 0.4) is 0 Å². The van der Waals surface area contributed by atoms with E-state index in [1.807, 2.05) is 66.4 Å². The summed E-state index contributed by atoms with van der Waals surface area (Å²) in [6, 6.07) is 20.3. The third-order valence-corrected chi connectivity index (χ3v) is 6.31. The Morgan fingerprint density at radius 3 is 2.44 bits per heavy atom. The van der Waals surface area contributed by atoms with Crippen LogP contribution in [0.1, 0.15) is 50.9 Å². The number of benzene rings is 2. The molecule has 0 atom stereocenters. The van der Waals surface area contributed by atoms with Crippen LogP contribution in [-0.2, 0) is 0 Å². The van der Waals surface area contributed by atoms with Crippen LogP contribution in [0, 0.1) is 6.92 Å². The number of para-hydroxylation sites is 1. The molecule has 2 amide bonds. The number of hydrogen-bond donors (Lipinski definition) is 1. The number of hydrogen-bond acceptors (Lipinski definition) is 4. The summed E-state index contributed by atoms with van der Waals surface area (Å²) in [5.74, 6) is 0.662. The van der Waals surface area contributed by atoms with Gasteiger partial charge in [-0.3, -0.25) is 14.6 Å². The van der Waals surface area contributed by atoms with E-state index < -0.39 is 0 Å². The standard InChI is InChI=1S/C27H28ClN3O3/c1-19-11-12-23(26(32)29-15-18-34-21-7-3-2-4-8-21)25(30-19)20-13-16-31(17-14-20)27(33)22-9-5-6-10-24(22)28/h2-12,20H,13-18H2,1H3,(H,29,32). The molecule has 0 bridgehead atoms. The van der Waals surface area contributed by atoms with Crippen LogP contribution in [0.2, 0.25) is 5.02 Å². The van der Waals surface area contributed by atoms with Crippen molar-refractivity contribution in [3.63, 3.8) is 0 Å². The van der Waals surface area contributed by atoms with Crippen molar-refractivity contribution in [2.75, 3.05) is 26.2 Å². The number of ether oxygens (including phenoxy) is 1. The van der Waals surface area contributed by atoms with Crippen LogP contribution in [0.4, 0.5) is 0 Å². The molecule has 1 fully saturated rings. The normalized spacial score (nSPS) is 14.0. The maximum Gasteiger partial charge on any atom is 0.255 e. The Morgan fingerprint density at radius 2 is 1.71 bits per heavy atom. The fraction of sp³-hybridized carbons (Fsp3) is 0.296. The van der Waals surface area contributed by atoms with Gasteiger partial charge in [-0.1, -0.05) is 41.9 Å². The molecule has 6 nitrogen and oxygen atoms in total. The largest absolute Gasteiger partial charge is 0.492 e. The molecule has 0 spiro atoms. The maximum absolute atomic E-state index is 12.9. The van der Waals surface area contributed by atoms with Gasteiger partial charge in [0.25, 0.3) is 11.8 Å². The predicted octanol–water partition coefficient (Wildman–Crippen LogP) is 4.87. The number of pyridine rings is 1. The zero-order valence-corrected chi connectivity index (χ0v) is 19.9. The van der Waals surface area contributed by atoms with Crippen molar-refractivity contribution >= 4 is 23.4 Å². The summed E-state index contributed by atoms with van der Waals surface area (Å²) >= 11 is 6.21. The van der Waals surface area contributed by atoms with Crippen LogP contribution in [0.5, 0.6) is 5.75 Å². The Labute approximate surface area is 204 Å². The minimum Gasteiger partial charge on any atom is -0.492 e. The SMILES string of the molecule is Cc1ccc(C(=O)NCCOc2ccccc2)c(C2CCN(C(=O)c3ccccc3Cl)CC2)n1. The Morgan fingerprint density at radius 1 is 1.00 bits per heavy atom. The molecule has 0 unspecified atom stereocenters. The first kappa shape index (κ1) is 23.8. The smallest absolute Gasteiger partial charge is 0.255 e. The first-order valence-corrected chi connectivity index (χ1v) is 11.9. The summed E-state index contributed by atoms with van der Waals surface area (Å²) in [7, 11) is 0. The quantitative estimate of drug-likeness (QED) is 0.493. The van der Waals surface area contributed by atoms with Gasteiger partial charge in [0, 0.05) is 24.7 Å². The maximum atomic E-state index is 12.9. The predicted molar refractivity (Wildman–Crippen MR) is 133 cm³/mol. The highest BCUT2D eigenvalue weighted by Crippen LogP contribution is 2.30. The molecule has 2 heterocycles. The first-order chi connectivity index (χ1) is 16.5. The summed E-state index contributed by atoms with van der Waals surface area (Å²) < 4.78 is 5.66. The molecule has 2 aromatic carbocycles. The average molecular weight is 478 g/mol. The van der Waals surface area contributed by atoms with Crippen LogP contribution in [-0.4, -0.2) is 47.9 Å². The molecule has 0 saturated carbocycles. The fourth-order valence-corrected chi connectivity index (χ4v) is 4.40. The molecule has 4 rings (SSSR count). The Balaban J connectivity index is 1.37. The van der Waals surface area contributed by atoms with E-state index in [1.165, 1.54) is 0 Å². The number of likely N-dealkylation sites (tertiary alicyclic amines) is 1. The van der Waals surface area contributed by atoms with E-state index in [4.69, 9.17) is 21.3 Å². The second kappa shape index (κ2) is 11.2. The highest BCUT2D eigenvalue weighted by atomic mass is 35.5. The molecule has 1 aliphatic rings. The van der Waals surface area contributed by atoms with Gasteiger partial charge >= 0.3 is 0 Å². The number of nitrogens with one attached hydrogen (secondary N) is 1. The third kappa shape index (κ3) is 5.75. The molecule has 0 aliphatic carbocycles. The lowest BCUT2D eigenvalue weighted by Crippen LogP contribution is -2.38. The van der Waals surface area contributed by atoms with Crippen molar-refractivity contribution in [3.05, 3.63) is 94.3 Å². The van der Waals surface area contributed by atoms with E-state index >= 15 is 0 Å². The molecular formula is C27H28ClN3O3. The van der Waals surface area contributed by atoms with E-state index in [0.29, 0.717) is 42.4 Å². The van der Waals surface area contributed by atoms with Gasteiger partial charge in [0.05, 0.1) is 28.4 Å². The van der Waals surface area contributed by atoms with Crippen LogP contribution >= 0.6 is 11.6 Å². The summed E-state index contributed by atoms with van der Waals surface area (Å²) in [5, 5.41) is 3.40. The zero-order valence-electron chi connectivity index (χ0n) is 19.2. The number of rotatable bonds is 7. The zero-order chi connectivity index (χ0) is 23.9. The van der Waals surface area contributed by atoms with E-state index in [0.717, 1.165) is 30.0 Å². The van der Waals surface area contributed by atoms with Gasteiger partial charge in [0.2, 0.25) is 0 Å². The summed E-state index contributed by atoms with van der Waals surface area (Å²) in [6.07, 6.45) is 1.48. The molecular weight excluding hydrogens is 450 g/mol. The molecule has 3 aromatic rings. The molecule has 1 aliphatic heterocycles. The second-order valence-electron chi connectivity index (χ2n) is 8.35. The molecule has 1 N–H and O–H groups in total. The Hall–Kier alpha value is -3.38. The van der Waals surface area contributed by atoms with E-state index in [2.05, 4.69) is 5.32 Å². The number of piperidine rings is 1. The van der Waals surface area contributed by atoms with Crippen molar-refractivity contribution in [2.24, 2.45) is 0 Å². The van der Waals surface area contributed by atoms with E-state index in [1.54, 1.807) is 12.1 Å². The van der Waals surface area contributed by atoms with Gasteiger partial charge < -0.3 is 15.0 Å². The number of carbonyl (C=O) groups excluding carboxylic acids is 2. The molecule has 1 saturated heterocycles. The lowest BCUT2D eigenvalue weighted by atomic mass is 9.89. The summed E-state index contributed by atoms with van der Waals surface area (Å²) in [5.41, 5.74) is 2.77. The highest BCUT2D eigenvalue weighted by Gasteiger charge is 2.29. The number of amides is 2. The minimum atomic E-state index is -0.159. The second-order valence-corrected chi connectivity index (χ2v) is 8.76. The molecule has 7 heteroatoms. The summed E-state index contributed by atoms with van der Waals surface area (Å²) in [4.78, 5) is 32.4. The Bertz CT molecular complexity index is 1140. The highest BCUT2D eigenvalue weighted by molar-refractivity contribution is 6.33. The van der Waals surface area contributed by atoms with E-state index in [9.17, 15) is 9.59 Å².